The van der Waals surface area contributed by atoms with Gasteiger partial charge >= 0.3 is 0 Å². The molecule has 23 heavy (non-hydrogen) atoms. The first-order valence-electron chi connectivity index (χ1n) is 7.56. The highest BCUT2D eigenvalue weighted by Gasteiger charge is 2.17. The van der Waals surface area contributed by atoms with Crippen LogP contribution in [0.3, 0.4) is 0 Å². The topological polar surface area (TPSA) is 46.1 Å². The van der Waals surface area contributed by atoms with Crippen molar-refractivity contribution in [1.29, 1.82) is 0 Å². The van der Waals surface area contributed by atoms with Gasteiger partial charge in [-0.15, -0.1) is 0 Å². The van der Waals surface area contributed by atoms with Crippen LogP contribution in [-0.2, 0) is 0 Å². The summed E-state index contributed by atoms with van der Waals surface area (Å²) < 4.78 is 0. The van der Waals surface area contributed by atoms with E-state index >= 15 is 0 Å². The molecular formula is C18H15N3OS. The number of rotatable bonds is 2. The fourth-order valence-electron chi connectivity index (χ4n) is 2.80. The Balaban J connectivity index is 1.69. The van der Waals surface area contributed by atoms with Gasteiger partial charge in [0.1, 0.15) is 4.83 Å². The molecule has 114 valence electrons. The lowest BCUT2D eigenvalue weighted by molar-refractivity contribution is 0.824. The smallest absolute Gasteiger partial charge is 0.282 e. The van der Waals surface area contributed by atoms with Gasteiger partial charge in [0, 0.05) is 19.3 Å². The first kappa shape index (κ1) is 14.1. The van der Waals surface area contributed by atoms with Gasteiger partial charge in [0.25, 0.3) is 5.56 Å². The number of benzene rings is 1. The zero-order valence-electron chi connectivity index (χ0n) is 12.5. The molecule has 0 saturated heterocycles. The quantitative estimate of drug-likeness (QED) is 0.726. The van der Waals surface area contributed by atoms with E-state index in [1.807, 2.05) is 18.2 Å². The average molecular weight is 321 g/mol. The molecule has 0 radical (unpaired) electrons. The summed E-state index contributed by atoms with van der Waals surface area (Å²) >= 11 is 1.48. The van der Waals surface area contributed by atoms with E-state index in [-0.39, 0.29) is 5.56 Å². The van der Waals surface area contributed by atoms with Crippen molar-refractivity contribution in [3.8, 4) is 0 Å². The Morgan fingerprint density at radius 3 is 2.83 bits per heavy atom. The van der Waals surface area contributed by atoms with Gasteiger partial charge in [0.05, 0.1) is 5.39 Å². The fraction of sp³-hybridized carbons (Fsp3) is 0.167. The maximum atomic E-state index is 12.2. The molecule has 5 heteroatoms. The molecule has 0 amide bonds. The molecule has 0 aliphatic carbocycles. The standard InChI is InChI=1S/C18H15N3OS/c22-16-15-9-4-10-19-17(15)23-18(20-16)21-11-5-8-14(12-21)13-6-2-1-3-7-13/h1-4,6-10H,5,11-12H2. The summed E-state index contributed by atoms with van der Waals surface area (Å²) in [7, 11) is 0. The third-order valence-electron chi connectivity index (χ3n) is 3.95. The summed E-state index contributed by atoms with van der Waals surface area (Å²) in [6, 6.07) is 13.9. The second-order valence-electron chi connectivity index (χ2n) is 5.46. The van der Waals surface area contributed by atoms with Crippen LogP contribution in [0.25, 0.3) is 15.8 Å². The molecular weight excluding hydrogens is 306 g/mol. The Hall–Kier alpha value is -2.53. The Bertz CT molecular complexity index is 934. The van der Waals surface area contributed by atoms with Crippen molar-refractivity contribution in [2.45, 2.75) is 6.42 Å². The number of anilines is 1. The maximum Gasteiger partial charge on any atom is 0.282 e. The summed E-state index contributed by atoms with van der Waals surface area (Å²) in [5, 5.41) is 1.35. The second kappa shape index (κ2) is 5.93. The first-order valence-corrected chi connectivity index (χ1v) is 8.38. The molecule has 0 saturated carbocycles. The Morgan fingerprint density at radius 1 is 1.09 bits per heavy atom. The first-order chi connectivity index (χ1) is 11.3. The minimum absolute atomic E-state index is 0.197. The van der Waals surface area contributed by atoms with Crippen LogP contribution in [0.1, 0.15) is 12.0 Å². The minimum atomic E-state index is -0.197. The SMILES string of the molecule is O=c1nc(N2CCC=C(c3ccccc3)C2)sc2ncccc12. The third kappa shape index (κ3) is 2.75. The Kier molecular flexibility index (Phi) is 3.63. The Morgan fingerprint density at radius 2 is 1.96 bits per heavy atom. The molecule has 0 N–H and O–H groups in total. The van der Waals surface area contributed by atoms with Crippen molar-refractivity contribution in [1.82, 2.24) is 9.97 Å². The number of fused-ring (bicyclic) bond motifs is 1. The predicted octanol–water partition coefficient (Wildman–Crippen LogP) is 3.35. The highest BCUT2D eigenvalue weighted by atomic mass is 32.1. The minimum Gasteiger partial charge on any atom is -0.343 e. The molecule has 1 aliphatic rings. The number of pyridine rings is 1. The number of aromatic nitrogens is 2. The fourth-order valence-corrected chi connectivity index (χ4v) is 3.76. The summed E-state index contributed by atoms with van der Waals surface area (Å²) in [5.74, 6) is 0. The molecule has 1 aliphatic heterocycles. The van der Waals surface area contributed by atoms with Gasteiger partial charge in [0.2, 0.25) is 0 Å². The highest BCUT2D eigenvalue weighted by molar-refractivity contribution is 7.21. The molecule has 3 heterocycles. The summed E-state index contributed by atoms with van der Waals surface area (Å²) in [6.07, 6.45) is 4.94. The average Bonchev–Trinajstić information content (AvgIpc) is 2.62. The van der Waals surface area contributed by atoms with E-state index in [0.717, 1.165) is 29.5 Å². The van der Waals surface area contributed by atoms with E-state index in [4.69, 9.17) is 0 Å². The summed E-state index contributed by atoms with van der Waals surface area (Å²) in [4.78, 5) is 23.7. The van der Waals surface area contributed by atoms with Crippen LogP contribution in [0.5, 0.6) is 0 Å². The molecule has 0 atom stereocenters. The highest BCUT2D eigenvalue weighted by Crippen LogP contribution is 2.28. The van der Waals surface area contributed by atoms with Gasteiger partial charge < -0.3 is 4.90 Å². The van der Waals surface area contributed by atoms with Gasteiger partial charge in [-0.1, -0.05) is 47.7 Å². The van der Waals surface area contributed by atoms with Crippen molar-refractivity contribution in [3.05, 3.63) is 70.7 Å². The van der Waals surface area contributed by atoms with Crippen LogP contribution in [0.15, 0.2) is 59.5 Å². The Labute approximate surface area is 137 Å². The van der Waals surface area contributed by atoms with Crippen LogP contribution in [0.2, 0.25) is 0 Å². The lowest BCUT2D eigenvalue weighted by Gasteiger charge is -2.27. The van der Waals surface area contributed by atoms with Crippen molar-refractivity contribution in [2.24, 2.45) is 0 Å². The normalized spacial score (nSPS) is 14.8. The summed E-state index contributed by atoms with van der Waals surface area (Å²) in [6.45, 7) is 1.64. The van der Waals surface area contributed by atoms with Gasteiger partial charge in [-0.3, -0.25) is 4.79 Å². The molecule has 0 spiro atoms. The van der Waals surface area contributed by atoms with Crippen LogP contribution in [0, 0.1) is 0 Å². The van der Waals surface area contributed by atoms with E-state index in [2.05, 4.69) is 33.1 Å². The van der Waals surface area contributed by atoms with Crippen molar-refractivity contribution >= 4 is 32.3 Å². The van der Waals surface area contributed by atoms with Crippen molar-refractivity contribution in [3.63, 3.8) is 0 Å². The number of hydrogen-bond acceptors (Lipinski definition) is 5. The third-order valence-corrected chi connectivity index (χ3v) is 5.00. The molecule has 4 rings (SSSR count). The zero-order chi connectivity index (χ0) is 15.6. The van der Waals surface area contributed by atoms with E-state index in [1.54, 1.807) is 18.3 Å². The van der Waals surface area contributed by atoms with Crippen LogP contribution in [-0.4, -0.2) is 23.1 Å². The lowest BCUT2D eigenvalue weighted by Crippen LogP contribution is -2.30. The van der Waals surface area contributed by atoms with Crippen LogP contribution in [0.4, 0.5) is 5.13 Å². The molecule has 3 aromatic rings. The van der Waals surface area contributed by atoms with E-state index in [0.29, 0.717) is 5.39 Å². The van der Waals surface area contributed by atoms with Crippen LogP contribution >= 0.6 is 11.3 Å². The largest absolute Gasteiger partial charge is 0.343 e. The van der Waals surface area contributed by atoms with Gasteiger partial charge in [-0.25, -0.2) is 4.98 Å². The number of hydrogen-bond donors (Lipinski definition) is 0. The molecule has 0 bridgehead atoms. The molecule has 0 unspecified atom stereocenters. The molecule has 0 fully saturated rings. The van der Waals surface area contributed by atoms with Gasteiger partial charge in [0.15, 0.2) is 5.13 Å². The monoisotopic (exact) mass is 321 g/mol. The van der Waals surface area contributed by atoms with E-state index < -0.39 is 0 Å². The maximum absolute atomic E-state index is 12.2. The molecule has 4 nitrogen and oxygen atoms in total. The second-order valence-corrected chi connectivity index (χ2v) is 6.42. The molecule has 1 aromatic carbocycles. The van der Waals surface area contributed by atoms with E-state index in [9.17, 15) is 4.79 Å². The van der Waals surface area contributed by atoms with Gasteiger partial charge in [-0.2, -0.15) is 4.98 Å². The van der Waals surface area contributed by atoms with Crippen molar-refractivity contribution in [2.75, 3.05) is 18.0 Å². The number of nitrogens with zero attached hydrogens (tertiary/aromatic N) is 3. The zero-order valence-corrected chi connectivity index (χ0v) is 13.3. The van der Waals surface area contributed by atoms with Gasteiger partial charge in [-0.05, 0) is 29.7 Å². The van der Waals surface area contributed by atoms with Crippen molar-refractivity contribution < 1.29 is 0 Å². The predicted molar refractivity (Wildman–Crippen MR) is 94.9 cm³/mol. The van der Waals surface area contributed by atoms with Crippen LogP contribution < -0.4 is 10.5 Å². The lowest BCUT2D eigenvalue weighted by atomic mass is 10.0. The molecule has 2 aromatic heterocycles. The summed E-state index contributed by atoms with van der Waals surface area (Å²) in [5.41, 5.74) is 2.31. The van der Waals surface area contributed by atoms with E-state index in [1.165, 1.54) is 22.5 Å².